The van der Waals surface area contributed by atoms with Crippen LogP contribution in [0.1, 0.15) is 23.1 Å². The molecular weight excluding hydrogens is 256 g/mol. The van der Waals surface area contributed by atoms with Gasteiger partial charge in [-0.25, -0.2) is 0 Å². The molecule has 0 unspecified atom stereocenters. The van der Waals surface area contributed by atoms with E-state index in [-0.39, 0.29) is 0 Å². The highest BCUT2D eigenvalue weighted by atomic mass is 35.5. The number of benzene rings is 1. The lowest BCUT2D eigenvalue weighted by atomic mass is 10.1. The minimum Gasteiger partial charge on any atom is -0.301 e. The van der Waals surface area contributed by atoms with Crippen molar-refractivity contribution in [2.45, 2.75) is 26.8 Å². The summed E-state index contributed by atoms with van der Waals surface area (Å²) >= 11 is 5.83. The van der Waals surface area contributed by atoms with Crippen LogP contribution >= 0.6 is 11.6 Å². The van der Waals surface area contributed by atoms with E-state index < -0.39 is 0 Å². The fraction of sp³-hybridized carbons (Fsp3) is 0.625. The number of nitrogens with zero attached hydrogens (tertiary/aromatic N) is 2. The Hall–Kier alpha value is -0.570. The van der Waals surface area contributed by atoms with Crippen LogP contribution in [0, 0.1) is 13.8 Å². The van der Waals surface area contributed by atoms with Gasteiger partial charge in [0.15, 0.2) is 0 Å². The van der Waals surface area contributed by atoms with E-state index in [1.54, 1.807) is 0 Å². The minimum absolute atomic E-state index is 0.747. The number of hydrogen-bond acceptors (Lipinski definition) is 2. The van der Waals surface area contributed by atoms with Gasteiger partial charge >= 0.3 is 0 Å². The average Bonchev–Trinajstić information content (AvgIpc) is 2.54. The lowest BCUT2D eigenvalue weighted by Crippen LogP contribution is -2.31. The molecule has 0 saturated carbocycles. The molecule has 1 saturated heterocycles. The van der Waals surface area contributed by atoms with Gasteiger partial charge < -0.3 is 4.90 Å². The maximum atomic E-state index is 5.83. The van der Waals surface area contributed by atoms with Gasteiger partial charge in [0.2, 0.25) is 0 Å². The van der Waals surface area contributed by atoms with E-state index >= 15 is 0 Å². The van der Waals surface area contributed by atoms with Crippen molar-refractivity contribution in [2.75, 3.05) is 38.6 Å². The Balaban J connectivity index is 1.92. The van der Waals surface area contributed by atoms with Gasteiger partial charge in [-0.3, -0.25) is 4.90 Å². The molecule has 2 nitrogen and oxygen atoms in total. The first kappa shape index (κ1) is 14.8. The Morgan fingerprint density at radius 1 is 0.947 bits per heavy atom. The van der Waals surface area contributed by atoms with Crippen LogP contribution in [0.25, 0.3) is 0 Å². The van der Waals surface area contributed by atoms with Gasteiger partial charge in [-0.15, -0.1) is 11.6 Å². The van der Waals surface area contributed by atoms with Crippen LogP contribution in [0.15, 0.2) is 18.2 Å². The first-order chi connectivity index (χ1) is 9.17. The molecule has 0 aromatic heterocycles. The smallest absolute Gasteiger partial charge is 0.0351 e. The summed E-state index contributed by atoms with van der Waals surface area (Å²) in [6.45, 7) is 11.2. The van der Waals surface area contributed by atoms with E-state index in [9.17, 15) is 0 Å². The second kappa shape index (κ2) is 7.28. The Morgan fingerprint density at radius 3 is 2.26 bits per heavy atom. The SMILES string of the molecule is Cc1cc(C)cc(CN2CCCN(CCCl)CC2)c1. The Morgan fingerprint density at radius 2 is 1.58 bits per heavy atom. The summed E-state index contributed by atoms with van der Waals surface area (Å²) in [5.41, 5.74) is 4.19. The zero-order valence-electron chi connectivity index (χ0n) is 12.2. The van der Waals surface area contributed by atoms with Gasteiger partial charge in [-0.05, 0) is 38.9 Å². The van der Waals surface area contributed by atoms with Crippen molar-refractivity contribution < 1.29 is 0 Å². The highest BCUT2D eigenvalue weighted by Crippen LogP contribution is 2.13. The fourth-order valence-corrected chi connectivity index (χ4v) is 3.18. The van der Waals surface area contributed by atoms with Crippen molar-refractivity contribution in [2.24, 2.45) is 0 Å². The maximum Gasteiger partial charge on any atom is 0.0351 e. The Labute approximate surface area is 122 Å². The van der Waals surface area contributed by atoms with Crippen molar-refractivity contribution in [1.82, 2.24) is 9.80 Å². The molecule has 0 radical (unpaired) electrons. The van der Waals surface area contributed by atoms with Crippen molar-refractivity contribution in [3.8, 4) is 0 Å². The van der Waals surface area contributed by atoms with E-state index in [1.165, 1.54) is 36.2 Å². The number of aryl methyl sites for hydroxylation is 2. The van der Waals surface area contributed by atoms with Gasteiger partial charge in [0.25, 0.3) is 0 Å². The van der Waals surface area contributed by atoms with E-state index in [1.807, 2.05) is 0 Å². The first-order valence-corrected chi connectivity index (χ1v) is 7.78. The van der Waals surface area contributed by atoms with E-state index in [2.05, 4.69) is 41.8 Å². The lowest BCUT2D eigenvalue weighted by molar-refractivity contribution is 0.258. The monoisotopic (exact) mass is 280 g/mol. The molecule has 1 fully saturated rings. The summed E-state index contributed by atoms with van der Waals surface area (Å²) in [4.78, 5) is 5.05. The third kappa shape index (κ3) is 4.79. The fourth-order valence-electron chi connectivity index (χ4n) is 2.94. The molecule has 0 amide bonds. The summed E-state index contributed by atoms with van der Waals surface area (Å²) in [6.07, 6.45) is 1.25. The third-order valence-electron chi connectivity index (χ3n) is 3.77. The normalized spacial score (nSPS) is 18.5. The highest BCUT2D eigenvalue weighted by Gasteiger charge is 2.14. The molecule has 0 N–H and O–H groups in total. The van der Waals surface area contributed by atoms with Crippen LogP contribution in [0.2, 0.25) is 0 Å². The van der Waals surface area contributed by atoms with Gasteiger partial charge in [0.05, 0.1) is 0 Å². The number of halogens is 1. The topological polar surface area (TPSA) is 6.48 Å². The largest absolute Gasteiger partial charge is 0.301 e. The minimum atomic E-state index is 0.747. The summed E-state index contributed by atoms with van der Waals surface area (Å²) in [5, 5.41) is 0. The molecule has 1 heterocycles. The molecule has 0 spiro atoms. The molecule has 0 aliphatic carbocycles. The molecule has 19 heavy (non-hydrogen) atoms. The molecule has 106 valence electrons. The summed E-state index contributed by atoms with van der Waals surface area (Å²) in [7, 11) is 0. The third-order valence-corrected chi connectivity index (χ3v) is 3.94. The van der Waals surface area contributed by atoms with E-state index in [4.69, 9.17) is 11.6 Å². The van der Waals surface area contributed by atoms with Crippen molar-refractivity contribution in [3.05, 3.63) is 34.9 Å². The molecule has 0 atom stereocenters. The van der Waals surface area contributed by atoms with E-state index in [0.29, 0.717) is 0 Å². The Bertz CT molecular complexity index is 385. The van der Waals surface area contributed by atoms with Crippen molar-refractivity contribution >= 4 is 11.6 Å². The maximum absolute atomic E-state index is 5.83. The van der Waals surface area contributed by atoms with Gasteiger partial charge in [0.1, 0.15) is 0 Å². The standard InChI is InChI=1S/C16H25ClN2/c1-14-10-15(2)12-16(11-14)13-19-6-3-5-18(7-4-17)8-9-19/h10-12H,3-9,13H2,1-2H3. The van der Waals surface area contributed by atoms with Crippen molar-refractivity contribution in [3.63, 3.8) is 0 Å². The Kier molecular flexibility index (Phi) is 5.68. The van der Waals surface area contributed by atoms with Crippen LogP contribution in [-0.4, -0.2) is 48.4 Å². The molecule has 1 aromatic carbocycles. The molecular formula is C16H25ClN2. The predicted molar refractivity (Wildman–Crippen MR) is 83.0 cm³/mol. The summed E-state index contributed by atoms with van der Waals surface area (Å²) in [6, 6.07) is 6.87. The van der Waals surface area contributed by atoms with Gasteiger partial charge in [-0.1, -0.05) is 29.3 Å². The number of alkyl halides is 1. The quantitative estimate of drug-likeness (QED) is 0.782. The van der Waals surface area contributed by atoms with Crippen LogP contribution in [0.4, 0.5) is 0 Å². The lowest BCUT2D eigenvalue weighted by Gasteiger charge is -2.21. The zero-order chi connectivity index (χ0) is 13.7. The second-order valence-electron chi connectivity index (χ2n) is 5.66. The summed E-state index contributed by atoms with van der Waals surface area (Å²) in [5.74, 6) is 0.747. The predicted octanol–water partition coefficient (Wildman–Crippen LogP) is 3.05. The molecule has 1 aliphatic rings. The first-order valence-electron chi connectivity index (χ1n) is 7.25. The highest BCUT2D eigenvalue weighted by molar-refractivity contribution is 6.18. The number of rotatable bonds is 4. The van der Waals surface area contributed by atoms with E-state index in [0.717, 1.165) is 32.1 Å². The number of hydrogen-bond donors (Lipinski definition) is 0. The van der Waals surface area contributed by atoms with Gasteiger partial charge in [0, 0.05) is 32.1 Å². The molecule has 0 bridgehead atoms. The zero-order valence-corrected chi connectivity index (χ0v) is 12.9. The van der Waals surface area contributed by atoms with Gasteiger partial charge in [-0.2, -0.15) is 0 Å². The summed E-state index contributed by atoms with van der Waals surface area (Å²) < 4.78 is 0. The van der Waals surface area contributed by atoms with Crippen LogP contribution in [0.3, 0.4) is 0 Å². The van der Waals surface area contributed by atoms with Crippen LogP contribution in [-0.2, 0) is 6.54 Å². The molecule has 2 rings (SSSR count). The average molecular weight is 281 g/mol. The second-order valence-corrected chi connectivity index (χ2v) is 6.03. The van der Waals surface area contributed by atoms with Crippen LogP contribution in [0.5, 0.6) is 0 Å². The molecule has 1 aromatic rings. The van der Waals surface area contributed by atoms with Crippen molar-refractivity contribution in [1.29, 1.82) is 0 Å². The van der Waals surface area contributed by atoms with Crippen LogP contribution < -0.4 is 0 Å². The molecule has 3 heteroatoms. The molecule has 1 aliphatic heterocycles.